The summed E-state index contributed by atoms with van der Waals surface area (Å²) in [6.07, 6.45) is 3.38. The summed E-state index contributed by atoms with van der Waals surface area (Å²) in [5, 5.41) is 8.20. The van der Waals surface area contributed by atoms with Gasteiger partial charge in [-0.3, -0.25) is 4.79 Å². The van der Waals surface area contributed by atoms with E-state index < -0.39 is 0 Å². The Hall–Kier alpha value is -1.75. The quantitative estimate of drug-likeness (QED) is 0.649. The van der Waals surface area contributed by atoms with E-state index in [-0.39, 0.29) is 18.0 Å². The highest BCUT2D eigenvalue weighted by Gasteiger charge is 2.40. The van der Waals surface area contributed by atoms with Crippen LogP contribution in [0.4, 0.5) is 11.4 Å². The van der Waals surface area contributed by atoms with Crippen LogP contribution in [-0.2, 0) is 4.79 Å². The highest BCUT2D eigenvalue weighted by atomic mass is 35.5. The van der Waals surface area contributed by atoms with Crippen LogP contribution >= 0.6 is 11.6 Å². The second-order valence-electron chi connectivity index (χ2n) is 5.78. The maximum absolute atomic E-state index is 11.7. The zero-order valence-corrected chi connectivity index (χ0v) is 12.7. The van der Waals surface area contributed by atoms with Crippen molar-refractivity contribution in [2.45, 2.75) is 31.8 Å². The van der Waals surface area contributed by atoms with E-state index in [9.17, 15) is 4.79 Å². The number of hydrogen-bond acceptors (Lipinski definition) is 4. The van der Waals surface area contributed by atoms with Crippen molar-refractivity contribution in [3.63, 3.8) is 0 Å². The lowest BCUT2D eigenvalue weighted by molar-refractivity contribution is -0.133. The maximum atomic E-state index is 11.7. The van der Waals surface area contributed by atoms with Gasteiger partial charge in [0.15, 0.2) is 0 Å². The van der Waals surface area contributed by atoms with Crippen molar-refractivity contribution in [2.24, 2.45) is 0 Å². The van der Waals surface area contributed by atoms with Gasteiger partial charge >= 0.3 is 0 Å². The summed E-state index contributed by atoms with van der Waals surface area (Å²) in [4.78, 5) is 15.9. The molecule has 0 aliphatic carbocycles. The van der Waals surface area contributed by atoms with Gasteiger partial charge < -0.3 is 20.9 Å². The number of piperazine rings is 1. The van der Waals surface area contributed by atoms with Gasteiger partial charge in [-0.1, -0.05) is 11.6 Å². The minimum absolute atomic E-state index is 0.141. The molecule has 3 aliphatic heterocycles. The van der Waals surface area contributed by atoms with Crippen LogP contribution in [0.1, 0.15) is 25.3 Å². The molecule has 6 heteroatoms. The van der Waals surface area contributed by atoms with E-state index in [0.29, 0.717) is 16.3 Å². The highest BCUT2D eigenvalue weighted by molar-refractivity contribution is 6.31. The number of nitrogen functional groups attached to an aromatic ring is 1. The molecule has 3 N–H and O–H groups in total. The van der Waals surface area contributed by atoms with Crippen LogP contribution in [0.25, 0.3) is 0 Å². The molecule has 4 rings (SSSR count). The molecular formula is C15H19ClN4O. The number of amides is 1. The summed E-state index contributed by atoms with van der Waals surface area (Å²) in [6.45, 7) is 3.15. The number of piperidine rings is 2. The first-order valence-corrected chi connectivity index (χ1v) is 7.52. The molecule has 2 atom stereocenters. The molecule has 21 heavy (non-hydrogen) atoms. The van der Waals surface area contributed by atoms with E-state index in [4.69, 9.17) is 22.7 Å². The van der Waals surface area contributed by atoms with Crippen molar-refractivity contribution in [3.05, 3.63) is 22.7 Å². The topological polar surface area (TPSA) is 73.4 Å². The van der Waals surface area contributed by atoms with Crippen LogP contribution < -0.4 is 10.6 Å². The molecule has 0 saturated carbocycles. The van der Waals surface area contributed by atoms with Crippen molar-refractivity contribution >= 4 is 35.1 Å². The Balaban J connectivity index is 1.97. The predicted molar refractivity (Wildman–Crippen MR) is 85.3 cm³/mol. The molecule has 3 aliphatic rings. The van der Waals surface area contributed by atoms with Gasteiger partial charge in [0.2, 0.25) is 5.91 Å². The minimum Gasteiger partial charge on any atom is -0.398 e. The molecule has 3 heterocycles. The third kappa shape index (κ3) is 2.35. The molecule has 0 aromatic heterocycles. The van der Waals surface area contributed by atoms with Crippen LogP contribution in [-0.4, -0.2) is 42.2 Å². The minimum atomic E-state index is 0.141. The summed E-state index contributed by atoms with van der Waals surface area (Å²) in [6, 6.07) is 4.06. The Labute approximate surface area is 129 Å². The van der Waals surface area contributed by atoms with Crippen molar-refractivity contribution in [1.29, 1.82) is 5.41 Å². The van der Waals surface area contributed by atoms with Crippen molar-refractivity contribution < 1.29 is 4.79 Å². The summed E-state index contributed by atoms with van der Waals surface area (Å²) in [7, 11) is 0. The largest absolute Gasteiger partial charge is 0.398 e. The van der Waals surface area contributed by atoms with E-state index in [1.165, 1.54) is 6.21 Å². The second kappa shape index (κ2) is 5.22. The van der Waals surface area contributed by atoms with Crippen LogP contribution in [0, 0.1) is 5.41 Å². The first-order valence-electron chi connectivity index (χ1n) is 7.14. The number of carbonyl (C=O) groups excluding carboxylic acids is 1. The van der Waals surface area contributed by atoms with Gasteiger partial charge in [-0.15, -0.1) is 0 Å². The van der Waals surface area contributed by atoms with Gasteiger partial charge in [0.05, 0.1) is 0 Å². The molecule has 2 bridgehead atoms. The number of benzene rings is 1. The Morgan fingerprint density at radius 1 is 1.38 bits per heavy atom. The normalized spacial score (nSPS) is 24.3. The summed E-state index contributed by atoms with van der Waals surface area (Å²) in [5.41, 5.74) is 8.13. The van der Waals surface area contributed by atoms with Gasteiger partial charge in [0.25, 0.3) is 0 Å². The summed E-state index contributed by atoms with van der Waals surface area (Å²) < 4.78 is 0. The molecule has 2 unspecified atom stereocenters. The zero-order chi connectivity index (χ0) is 15.1. The number of nitrogens with one attached hydrogen (secondary N) is 1. The Bertz CT molecular complexity index is 604. The van der Waals surface area contributed by atoms with Crippen LogP contribution in [0.3, 0.4) is 0 Å². The number of halogens is 1. The molecule has 112 valence electrons. The van der Waals surface area contributed by atoms with E-state index in [1.54, 1.807) is 13.0 Å². The first kappa shape index (κ1) is 14.2. The molecule has 1 amide bonds. The van der Waals surface area contributed by atoms with Gasteiger partial charge in [-0.05, 0) is 25.0 Å². The third-order valence-electron chi connectivity index (χ3n) is 4.54. The smallest absolute Gasteiger partial charge is 0.219 e. The van der Waals surface area contributed by atoms with Crippen LogP contribution in [0.5, 0.6) is 0 Å². The van der Waals surface area contributed by atoms with Gasteiger partial charge in [-0.2, -0.15) is 0 Å². The molecule has 0 spiro atoms. The van der Waals surface area contributed by atoms with Crippen molar-refractivity contribution in [3.8, 4) is 0 Å². The van der Waals surface area contributed by atoms with Gasteiger partial charge in [-0.25, -0.2) is 0 Å². The van der Waals surface area contributed by atoms with Crippen LogP contribution in [0.2, 0.25) is 5.02 Å². The predicted octanol–water partition coefficient (Wildman–Crippen LogP) is 2.12. The van der Waals surface area contributed by atoms with Gasteiger partial charge in [0.1, 0.15) is 0 Å². The third-order valence-corrected chi connectivity index (χ3v) is 4.76. The molecule has 5 nitrogen and oxygen atoms in total. The second-order valence-corrected chi connectivity index (χ2v) is 6.22. The monoisotopic (exact) mass is 306 g/mol. The fraction of sp³-hybridized carbons (Fsp3) is 0.467. The molecule has 0 radical (unpaired) electrons. The number of rotatable bonds is 2. The maximum Gasteiger partial charge on any atom is 0.219 e. The Morgan fingerprint density at radius 3 is 2.67 bits per heavy atom. The summed E-state index contributed by atoms with van der Waals surface area (Å²) >= 11 is 6.13. The lowest BCUT2D eigenvalue weighted by atomic mass is 9.89. The molecule has 1 aromatic carbocycles. The highest BCUT2D eigenvalue weighted by Crippen LogP contribution is 2.37. The molecule has 1 aromatic rings. The number of carbonyl (C=O) groups is 1. The zero-order valence-electron chi connectivity index (χ0n) is 12.0. The SMILES string of the molecule is CC(=O)N1CC2CCC1CN2c1cc(Cl)cc(N)c1C=N. The lowest BCUT2D eigenvalue weighted by Gasteiger charge is -2.52. The standard InChI is InChI=1S/C15H19ClN4O/c1-9(21)19-7-12-3-2-11(19)8-20(12)15-5-10(16)4-14(18)13(15)6-17/h4-6,11-12,17H,2-3,7-8,18H2,1H3. The van der Waals surface area contributed by atoms with E-state index >= 15 is 0 Å². The van der Waals surface area contributed by atoms with Gasteiger partial charge in [0, 0.05) is 60.3 Å². The lowest BCUT2D eigenvalue weighted by Crippen LogP contribution is -2.64. The van der Waals surface area contributed by atoms with Crippen molar-refractivity contribution in [1.82, 2.24) is 4.90 Å². The average Bonchev–Trinajstić information content (AvgIpc) is 2.46. The van der Waals surface area contributed by atoms with Crippen LogP contribution in [0.15, 0.2) is 12.1 Å². The molecule has 3 fully saturated rings. The number of anilines is 2. The number of nitrogens with two attached hydrogens (primary N) is 1. The Kier molecular flexibility index (Phi) is 3.53. The van der Waals surface area contributed by atoms with E-state index in [1.807, 2.05) is 11.0 Å². The Morgan fingerprint density at radius 2 is 2.10 bits per heavy atom. The number of nitrogens with zero attached hydrogens (tertiary/aromatic N) is 2. The molecule has 3 saturated heterocycles. The van der Waals surface area contributed by atoms with E-state index in [0.717, 1.165) is 31.6 Å². The fourth-order valence-electron chi connectivity index (χ4n) is 3.53. The number of fused-ring (bicyclic) bond motifs is 3. The average molecular weight is 307 g/mol. The molecular weight excluding hydrogens is 288 g/mol. The fourth-order valence-corrected chi connectivity index (χ4v) is 3.75. The van der Waals surface area contributed by atoms with E-state index in [2.05, 4.69) is 4.90 Å². The number of hydrogen-bond donors (Lipinski definition) is 2. The van der Waals surface area contributed by atoms with Crippen molar-refractivity contribution in [2.75, 3.05) is 23.7 Å². The first-order chi connectivity index (χ1) is 10.0. The summed E-state index contributed by atoms with van der Waals surface area (Å²) in [5.74, 6) is 0.141.